The van der Waals surface area contributed by atoms with Crippen molar-refractivity contribution in [3.63, 3.8) is 0 Å². The van der Waals surface area contributed by atoms with Crippen LogP contribution in [0.1, 0.15) is 58.7 Å². The molecule has 0 bridgehead atoms. The van der Waals surface area contributed by atoms with E-state index in [0.717, 1.165) is 24.0 Å². The first-order chi connectivity index (χ1) is 18.4. The molecule has 0 aliphatic heterocycles. The van der Waals surface area contributed by atoms with Crippen molar-refractivity contribution in [1.29, 1.82) is 5.26 Å². The summed E-state index contributed by atoms with van der Waals surface area (Å²) in [5.74, 6) is 1.000. The zero-order valence-electron chi connectivity index (χ0n) is 22.0. The lowest BCUT2D eigenvalue weighted by Gasteiger charge is -2.22. The minimum Gasteiger partial charge on any atom is -0.488 e. The number of aromatic nitrogens is 1. The van der Waals surface area contributed by atoms with E-state index >= 15 is 0 Å². The minimum absolute atomic E-state index is 0.0707. The molecule has 0 spiro atoms. The molecule has 1 aliphatic carbocycles. The Morgan fingerprint density at radius 3 is 2.87 bits per heavy atom. The average Bonchev–Trinajstić information content (AvgIpc) is 3.33. The highest BCUT2D eigenvalue weighted by Crippen LogP contribution is 2.41. The van der Waals surface area contributed by atoms with Crippen molar-refractivity contribution in [3.8, 4) is 17.6 Å². The van der Waals surface area contributed by atoms with Crippen LogP contribution in [0, 0.1) is 18.3 Å². The van der Waals surface area contributed by atoms with E-state index in [2.05, 4.69) is 41.1 Å². The highest BCUT2D eigenvalue weighted by Gasteiger charge is 2.26. The molecular formula is C30H32ClN3O4. The molecule has 1 aromatic heterocycles. The predicted molar refractivity (Wildman–Crippen MR) is 145 cm³/mol. The number of carbonyl (C=O) groups excluding carboxylic acids is 1. The van der Waals surface area contributed by atoms with Crippen molar-refractivity contribution in [2.75, 3.05) is 20.7 Å². The second kappa shape index (κ2) is 12.8. The van der Waals surface area contributed by atoms with Crippen molar-refractivity contribution >= 4 is 17.6 Å². The number of halogens is 1. The van der Waals surface area contributed by atoms with Crippen molar-refractivity contribution in [3.05, 3.63) is 87.2 Å². The number of hydrogen-bond donors (Lipinski definition) is 0. The van der Waals surface area contributed by atoms with Gasteiger partial charge in [-0.1, -0.05) is 29.8 Å². The minimum atomic E-state index is -0.219. The molecule has 1 heterocycles. The molecule has 7 nitrogen and oxygen atoms in total. The number of methoxy groups -OCH3 is 1. The summed E-state index contributed by atoms with van der Waals surface area (Å²) in [6, 6.07) is 13.9. The Kier molecular flexibility index (Phi) is 9.22. The summed E-state index contributed by atoms with van der Waals surface area (Å²) < 4.78 is 17.4. The first-order valence-electron chi connectivity index (χ1n) is 12.7. The molecule has 0 fully saturated rings. The highest BCUT2D eigenvalue weighted by atomic mass is 35.5. The van der Waals surface area contributed by atoms with E-state index in [1.165, 1.54) is 30.0 Å². The number of benzene rings is 2. The smallest absolute Gasteiger partial charge is 0.305 e. The number of ether oxygens (including phenoxy) is 3. The van der Waals surface area contributed by atoms with Crippen LogP contribution in [-0.2, 0) is 29.1 Å². The molecule has 198 valence electrons. The van der Waals surface area contributed by atoms with E-state index in [1.54, 1.807) is 12.3 Å². The summed E-state index contributed by atoms with van der Waals surface area (Å²) in [5.41, 5.74) is 6.00. The second-order valence-corrected chi connectivity index (χ2v) is 9.99. The molecule has 0 radical (unpaired) electrons. The van der Waals surface area contributed by atoms with Gasteiger partial charge in [0.25, 0.3) is 0 Å². The van der Waals surface area contributed by atoms with E-state index in [0.29, 0.717) is 48.0 Å². The topological polar surface area (TPSA) is 84.7 Å². The quantitative estimate of drug-likeness (QED) is 0.282. The van der Waals surface area contributed by atoms with Gasteiger partial charge in [0.05, 0.1) is 17.7 Å². The third-order valence-electron chi connectivity index (χ3n) is 6.74. The lowest BCUT2D eigenvalue weighted by Crippen LogP contribution is -2.20. The Hall–Kier alpha value is -3.60. The summed E-state index contributed by atoms with van der Waals surface area (Å²) in [6.45, 7) is 3.65. The van der Waals surface area contributed by atoms with Crippen LogP contribution in [-0.4, -0.2) is 36.6 Å². The summed E-state index contributed by atoms with van der Waals surface area (Å²) in [5, 5.41) is 9.72. The fourth-order valence-corrected chi connectivity index (χ4v) is 4.98. The van der Waals surface area contributed by atoms with Crippen LogP contribution >= 0.6 is 11.6 Å². The fraction of sp³-hybridized carbons (Fsp3) is 0.367. The first kappa shape index (κ1) is 27.4. The number of rotatable bonds is 11. The Labute approximate surface area is 228 Å². The van der Waals surface area contributed by atoms with E-state index in [1.807, 2.05) is 19.2 Å². The van der Waals surface area contributed by atoms with Gasteiger partial charge in [-0.15, -0.1) is 0 Å². The van der Waals surface area contributed by atoms with Crippen molar-refractivity contribution < 1.29 is 19.0 Å². The van der Waals surface area contributed by atoms with Crippen LogP contribution < -0.4 is 9.47 Å². The van der Waals surface area contributed by atoms with Crippen LogP contribution in [0.3, 0.4) is 0 Å². The molecule has 8 heteroatoms. The van der Waals surface area contributed by atoms with Crippen LogP contribution in [0.4, 0.5) is 0 Å². The Bertz CT molecular complexity index is 1340. The second-order valence-electron chi connectivity index (χ2n) is 9.58. The fourth-order valence-electron chi connectivity index (χ4n) is 4.75. The van der Waals surface area contributed by atoms with Crippen molar-refractivity contribution in [1.82, 2.24) is 9.88 Å². The van der Waals surface area contributed by atoms with E-state index in [9.17, 15) is 10.1 Å². The number of nitrogens with zero attached hydrogens (tertiary/aromatic N) is 3. The monoisotopic (exact) mass is 533 g/mol. The van der Waals surface area contributed by atoms with Gasteiger partial charge in [0.2, 0.25) is 0 Å². The molecular weight excluding hydrogens is 502 g/mol. The van der Waals surface area contributed by atoms with Gasteiger partial charge < -0.3 is 19.1 Å². The third-order valence-corrected chi connectivity index (χ3v) is 7.04. The van der Waals surface area contributed by atoms with Gasteiger partial charge >= 0.3 is 5.97 Å². The largest absolute Gasteiger partial charge is 0.488 e. The van der Waals surface area contributed by atoms with Crippen LogP contribution in [0.2, 0.25) is 5.02 Å². The zero-order chi connectivity index (χ0) is 27.1. The average molecular weight is 534 g/mol. The lowest BCUT2D eigenvalue weighted by atomic mass is 10.0. The molecule has 3 aromatic rings. The molecule has 1 atom stereocenters. The maximum atomic E-state index is 11.5. The van der Waals surface area contributed by atoms with Gasteiger partial charge in [-0.05, 0) is 68.6 Å². The van der Waals surface area contributed by atoms with E-state index < -0.39 is 0 Å². The molecule has 38 heavy (non-hydrogen) atoms. The Morgan fingerprint density at radius 1 is 1.24 bits per heavy atom. The van der Waals surface area contributed by atoms with Gasteiger partial charge in [0, 0.05) is 42.6 Å². The maximum absolute atomic E-state index is 11.5. The Morgan fingerprint density at radius 2 is 2.08 bits per heavy atom. The maximum Gasteiger partial charge on any atom is 0.305 e. The molecule has 0 amide bonds. The van der Waals surface area contributed by atoms with Gasteiger partial charge in [-0.2, -0.15) is 5.26 Å². The van der Waals surface area contributed by atoms with Crippen LogP contribution in [0.5, 0.6) is 11.5 Å². The van der Waals surface area contributed by atoms with Gasteiger partial charge in [0.1, 0.15) is 30.3 Å². The predicted octanol–water partition coefficient (Wildman–Crippen LogP) is 5.95. The first-order valence-corrected chi connectivity index (χ1v) is 13.1. The van der Waals surface area contributed by atoms with Crippen molar-refractivity contribution in [2.45, 2.75) is 51.9 Å². The van der Waals surface area contributed by atoms with Crippen LogP contribution in [0.15, 0.2) is 48.8 Å². The number of hydrogen-bond acceptors (Lipinski definition) is 7. The summed E-state index contributed by atoms with van der Waals surface area (Å²) in [4.78, 5) is 17.7. The standard InChI is InChI=1S/C30H32ClN3O4/c1-20-6-4-7-25-24(20)9-10-27(25)38-29-14-28(37-19-22-12-21(15-32)16-33-17-22)23(13-26(29)31)18-34(2)11-5-8-30(35)36-3/h4,6-7,12-14,16-17,27H,5,8-11,18-19H2,1-3H3/t27-/m0/s1. The number of nitriles is 1. The number of pyridine rings is 1. The molecule has 1 aliphatic rings. The van der Waals surface area contributed by atoms with E-state index in [4.69, 9.17) is 25.8 Å². The lowest BCUT2D eigenvalue weighted by molar-refractivity contribution is -0.140. The van der Waals surface area contributed by atoms with E-state index in [-0.39, 0.29) is 18.7 Å². The molecule has 0 unspecified atom stereocenters. The highest BCUT2D eigenvalue weighted by molar-refractivity contribution is 6.32. The summed E-state index contributed by atoms with van der Waals surface area (Å²) >= 11 is 6.74. The molecule has 0 saturated carbocycles. The number of aryl methyl sites for hydroxylation is 1. The van der Waals surface area contributed by atoms with Gasteiger partial charge in [-0.25, -0.2) is 0 Å². The molecule has 0 N–H and O–H groups in total. The Balaban J connectivity index is 1.55. The third kappa shape index (κ3) is 6.83. The van der Waals surface area contributed by atoms with Gasteiger partial charge in [0.15, 0.2) is 0 Å². The number of fused-ring (bicyclic) bond motifs is 1. The number of carbonyl (C=O) groups is 1. The molecule has 2 aromatic carbocycles. The zero-order valence-corrected chi connectivity index (χ0v) is 22.8. The normalized spacial score (nSPS) is 14.2. The molecule has 4 rings (SSSR count). The molecule has 0 saturated heterocycles. The van der Waals surface area contributed by atoms with Crippen LogP contribution in [0.25, 0.3) is 0 Å². The van der Waals surface area contributed by atoms with Crippen molar-refractivity contribution in [2.24, 2.45) is 0 Å². The number of esters is 1. The summed E-state index contributed by atoms with van der Waals surface area (Å²) in [6.07, 6.45) is 6.05. The summed E-state index contributed by atoms with van der Waals surface area (Å²) in [7, 11) is 3.38. The van der Waals surface area contributed by atoms with Gasteiger partial charge in [-0.3, -0.25) is 9.78 Å². The SMILES string of the molecule is COC(=O)CCCN(C)Cc1cc(Cl)c(O[C@H]2CCc3c(C)cccc32)cc1OCc1cncc(C#N)c1.